The monoisotopic (exact) mass is 409 g/mol. The van der Waals surface area contributed by atoms with Crippen LogP contribution >= 0.6 is 0 Å². The molecule has 2 aromatic rings. The van der Waals surface area contributed by atoms with Crippen molar-refractivity contribution in [2.75, 3.05) is 50.1 Å². The first-order valence-electron chi connectivity index (χ1n) is 10.3. The van der Waals surface area contributed by atoms with E-state index in [1.807, 2.05) is 34.1 Å². The summed E-state index contributed by atoms with van der Waals surface area (Å²) in [6.45, 7) is 2.98. The maximum atomic E-state index is 12.5. The molecule has 2 aliphatic heterocycles. The Hall–Kier alpha value is -3.00. The SMILES string of the molecule is COCC(=O)N1CCC(c2ccc(NC(=O)C3CN(c4cccnn4)C3)cc2)CC1. The van der Waals surface area contributed by atoms with Gasteiger partial charge < -0.3 is 19.9 Å². The number of carbonyl (C=O) groups is 2. The Morgan fingerprint density at radius 1 is 1.13 bits per heavy atom. The molecule has 0 saturated carbocycles. The van der Waals surface area contributed by atoms with Crippen LogP contribution in [0.2, 0.25) is 0 Å². The summed E-state index contributed by atoms with van der Waals surface area (Å²) in [5.41, 5.74) is 2.07. The van der Waals surface area contributed by atoms with E-state index in [-0.39, 0.29) is 24.3 Å². The van der Waals surface area contributed by atoms with Gasteiger partial charge in [-0.2, -0.15) is 5.10 Å². The number of ether oxygens (including phenoxy) is 1. The number of benzene rings is 1. The highest BCUT2D eigenvalue weighted by Crippen LogP contribution is 2.29. The Morgan fingerprint density at radius 3 is 2.50 bits per heavy atom. The molecule has 1 N–H and O–H groups in total. The number of rotatable bonds is 6. The van der Waals surface area contributed by atoms with Crippen LogP contribution in [0.15, 0.2) is 42.6 Å². The predicted octanol–water partition coefficient (Wildman–Crippen LogP) is 1.90. The zero-order chi connectivity index (χ0) is 20.9. The number of likely N-dealkylation sites (tertiary alicyclic amines) is 1. The lowest BCUT2D eigenvalue weighted by atomic mass is 9.89. The largest absolute Gasteiger partial charge is 0.375 e. The Bertz CT molecular complexity index is 860. The van der Waals surface area contributed by atoms with Crippen LogP contribution in [0.3, 0.4) is 0 Å². The number of aromatic nitrogens is 2. The van der Waals surface area contributed by atoms with Gasteiger partial charge in [0.1, 0.15) is 6.61 Å². The third kappa shape index (κ3) is 4.59. The molecule has 0 spiro atoms. The highest BCUT2D eigenvalue weighted by atomic mass is 16.5. The van der Waals surface area contributed by atoms with Crippen LogP contribution in [-0.4, -0.2) is 66.8 Å². The molecular weight excluding hydrogens is 382 g/mol. The van der Waals surface area contributed by atoms with E-state index >= 15 is 0 Å². The maximum absolute atomic E-state index is 12.5. The van der Waals surface area contributed by atoms with Gasteiger partial charge in [0.05, 0.1) is 5.92 Å². The van der Waals surface area contributed by atoms with Crippen LogP contribution in [0.25, 0.3) is 0 Å². The van der Waals surface area contributed by atoms with Crippen molar-refractivity contribution in [3.8, 4) is 0 Å². The van der Waals surface area contributed by atoms with Gasteiger partial charge in [0.2, 0.25) is 11.8 Å². The Balaban J connectivity index is 1.24. The van der Waals surface area contributed by atoms with Crippen LogP contribution in [0, 0.1) is 5.92 Å². The topological polar surface area (TPSA) is 87.7 Å². The van der Waals surface area contributed by atoms with Gasteiger partial charge in [0.15, 0.2) is 5.82 Å². The summed E-state index contributed by atoms with van der Waals surface area (Å²) in [6, 6.07) is 11.8. The summed E-state index contributed by atoms with van der Waals surface area (Å²) >= 11 is 0. The van der Waals surface area contributed by atoms with Crippen molar-refractivity contribution in [3.05, 3.63) is 48.2 Å². The van der Waals surface area contributed by atoms with E-state index in [1.165, 1.54) is 5.56 Å². The zero-order valence-electron chi connectivity index (χ0n) is 17.2. The predicted molar refractivity (Wildman–Crippen MR) is 113 cm³/mol. The van der Waals surface area contributed by atoms with Crippen molar-refractivity contribution in [1.29, 1.82) is 0 Å². The minimum absolute atomic E-state index is 0.0350. The Labute approximate surface area is 176 Å². The number of nitrogens with zero attached hydrogens (tertiary/aromatic N) is 4. The van der Waals surface area contributed by atoms with Crippen LogP contribution in [-0.2, 0) is 14.3 Å². The van der Waals surface area contributed by atoms with Crippen molar-refractivity contribution >= 4 is 23.3 Å². The second-order valence-corrected chi connectivity index (χ2v) is 7.88. The molecule has 0 atom stereocenters. The third-order valence-corrected chi connectivity index (χ3v) is 5.90. The molecule has 1 aromatic carbocycles. The van der Waals surface area contributed by atoms with Gasteiger partial charge in [-0.15, -0.1) is 5.10 Å². The molecule has 8 heteroatoms. The van der Waals surface area contributed by atoms with E-state index in [4.69, 9.17) is 4.74 Å². The van der Waals surface area contributed by atoms with Crippen molar-refractivity contribution in [2.24, 2.45) is 5.92 Å². The van der Waals surface area contributed by atoms with Gasteiger partial charge in [-0.3, -0.25) is 9.59 Å². The normalized spacial score (nSPS) is 17.5. The lowest BCUT2D eigenvalue weighted by Gasteiger charge is -2.38. The number of hydrogen-bond acceptors (Lipinski definition) is 6. The van der Waals surface area contributed by atoms with Crippen molar-refractivity contribution in [1.82, 2.24) is 15.1 Å². The van der Waals surface area contributed by atoms with E-state index in [0.717, 1.165) is 37.4 Å². The number of piperidine rings is 1. The van der Waals surface area contributed by atoms with Gasteiger partial charge in [-0.1, -0.05) is 12.1 Å². The van der Waals surface area contributed by atoms with Gasteiger partial charge in [0.25, 0.3) is 0 Å². The Morgan fingerprint density at radius 2 is 1.87 bits per heavy atom. The van der Waals surface area contributed by atoms with Crippen molar-refractivity contribution in [3.63, 3.8) is 0 Å². The number of anilines is 2. The summed E-state index contributed by atoms with van der Waals surface area (Å²) in [4.78, 5) is 28.3. The second-order valence-electron chi connectivity index (χ2n) is 7.88. The average molecular weight is 409 g/mol. The number of carbonyl (C=O) groups excluding carboxylic acids is 2. The third-order valence-electron chi connectivity index (χ3n) is 5.90. The first-order valence-corrected chi connectivity index (χ1v) is 10.3. The van der Waals surface area contributed by atoms with Crippen LogP contribution in [0.1, 0.15) is 24.3 Å². The number of hydrogen-bond donors (Lipinski definition) is 1. The Kier molecular flexibility index (Phi) is 6.23. The van der Waals surface area contributed by atoms with Gasteiger partial charge in [0, 0.05) is 45.2 Å². The maximum Gasteiger partial charge on any atom is 0.248 e. The molecule has 3 heterocycles. The summed E-state index contributed by atoms with van der Waals surface area (Å²) in [6.07, 6.45) is 3.53. The first kappa shape index (κ1) is 20.3. The minimum atomic E-state index is -0.0411. The molecule has 2 aliphatic rings. The van der Waals surface area contributed by atoms with E-state index in [2.05, 4.69) is 27.6 Å². The average Bonchev–Trinajstić information content (AvgIpc) is 2.74. The quantitative estimate of drug-likeness (QED) is 0.784. The summed E-state index contributed by atoms with van der Waals surface area (Å²) < 4.78 is 4.94. The second kappa shape index (κ2) is 9.21. The molecule has 1 aromatic heterocycles. The number of amides is 2. The zero-order valence-corrected chi connectivity index (χ0v) is 17.2. The van der Waals surface area contributed by atoms with Crippen molar-refractivity contribution in [2.45, 2.75) is 18.8 Å². The van der Waals surface area contributed by atoms with Gasteiger partial charge in [-0.05, 0) is 48.6 Å². The molecular formula is C22H27N5O3. The molecule has 2 amide bonds. The smallest absolute Gasteiger partial charge is 0.248 e. The molecule has 8 nitrogen and oxygen atoms in total. The van der Waals surface area contributed by atoms with E-state index in [0.29, 0.717) is 19.0 Å². The highest BCUT2D eigenvalue weighted by Gasteiger charge is 2.33. The summed E-state index contributed by atoms with van der Waals surface area (Å²) in [7, 11) is 1.55. The molecule has 2 saturated heterocycles. The van der Waals surface area contributed by atoms with Crippen molar-refractivity contribution < 1.29 is 14.3 Å². The molecule has 0 aliphatic carbocycles. The lowest BCUT2D eigenvalue weighted by Crippen LogP contribution is -2.52. The van der Waals surface area contributed by atoms with Crippen LogP contribution < -0.4 is 10.2 Å². The molecule has 0 radical (unpaired) electrons. The number of nitrogens with one attached hydrogen (secondary N) is 1. The highest BCUT2D eigenvalue weighted by molar-refractivity contribution is 5.94. The van der Waals surface area contributed by atoms with Crippen LogP contribution in [0.5, 0.6) is 0 Å². The first-order chi connectivity index (χ1) is 14.6. The van der Waals surface area contributed by atoms with Crippen LogP contribution in [0.4, 0.5) is 11.5 Å². The standard InChI is InChI=1S/C22H27N5O3/c1-30-15-21(28)26-11-8-17(9-12-26)16-4-6-19(7-5-16)24-22(29)18-13-27(14-18)20-3-2-10-23-25-20/h2-7,10,17-18H,8-9,11-15H2,1H3,(H,24,29). The molecule has 0 unspecified atom stereocenters. The molecule has 4 rings (SSSR count). The van der Waals surface area contributed by atoms with E-state index in [9.17, 15) is 9.59 Å². The molecule has 2 fully saturated rings. The van der Waals surface area contributed by atoms with Gasteiger partial charge >= 0.3 is 0 Å². The fraction of sp³-hybridized carbons (Fsp3) is 0.455. The summed E-state index contributed by atoms with van der Waals surface area (Å²) in [5, 5.41) is 11.0. The van der Waals surface area contributed by atoms with E-state index < -0.39 is 0 Å². The lowest BCUT2D eigenvalue weighted by molar-refractivity contribution is -0.136. The van der Waals surface area contributed by atoms with Gasteiger partial charge in [-0.25, -0.2) is 0 Å². The molecule has 158 valence electrons. The molecule has 30 heavy (non-hydrogen) atoms. The fourth-order valence-corrected chi connectivity index (χ4v) is 4.05. The minimum Gasteiger partial charge on any atom is -0.375 e. The van der Waals surface area contributed by atoms with E-state index in [1.54, 1.807) is 13.3 Å². The number of methoxy groups -OCH3 is 1. The molecule has 0 bridgehead atoms. The summed E-state index contributed by atoms with van der Waals surface area (Å²) in [5.74, 6) is 1.30. The fourth-order valence-electron chi connectivity index (χ4n) is 4.05.